The number of esters is 1. The van der Waals surface area contributed by atoms with Crippen molar-refractivity contribution in [1.29, 1.82) is 0 Å². The molecule has 1 N–H and O–H groups in total. The minimum atomic E-state index is -0.268. The number of pyridine rings is 1. The molecule has 0 aliphatic rings. The van der Waals surface area contributed by atoms with E-state index in [0.29, 0.717) is 19.4 Å². The molecule has 0 aromatic carbocycles. The number of nitrogens with one attached hydrogen (secondary N) is 1. The average Bonchev–Trinajstić information content (AvgIpc) is 2.42. The quantitative estimate of drug-likeness (QED) is 0.466. The molecule has 1 rings (SSSR count). The van der Waals surface area contributed by atoms with Crippen LogP contribution in [0.2, 0.25) is 0 Å². The largest absolute Gasteiger partial charge is 0.469 e. The van der Waals surface area contributed by atoms with Crippen LogP contribution in [0.4, 0.5) is 0 Å². The number of amides is 1. The molecule has 96 valence electrons. The zero-order valence-corrected chi connectivity index (χ0v) is 10.3. The molecule has 1 aromatic heterocycles. The molecule has 0 saturated heterocycles. The van der Waals surface area contributed by atoms with Crippen molar-refractivity contribution >= 4 is 18.0 Å². The van der Waals surface area contributed by atoms with E-state index in [1.807, 2.05) is 6.07 Å². The van der Waals surface area contributed by atoms with E-state index < -0.39 is 0 Å². The zero-order valence-electron chi connectivity index (χ0n) is 10.3. The lowest BCUT2D eigenvalue weighted by Gasteiger charge is -2.01. The van der Waals surface area contributed by atoms with E-state index in [2.05, 4.69) is 15.0 Å². The lowest BCUT2D eigenvalue weighted by molar-refractivity contribution is -0.140. The van der Waals surface area contributed by atoms with Crippen LogP contribution in [0, 0.1) is 0 Å². The predicted octanol–water partition coefficient (Wildman–Crippen LogP) is 1.16. The monoisotopic (exact) mass is 248 g/mol. The fourth-order valence-corrected chi connectivity index (χ4v) is 1.25. The minimum Gasteiger partial charge on any atom is -0.469 e. The summed E-state index contributed by atoms with van der Waals surface area (Å²) in [6.45, 7) is 0.450. The highest BCUT2D eigenvalue weighted by atomic mass is 16.5. The summed E-state index contributed by atoms with van der Waals surface area (Å²) in [7, 11) is 1.34. The Morgan fingerprint density at radius 2 is 2.33 bits per heavy atom. The molecule has 0 saturated carbocycles. The second-order valence-corrected chi connectivity index (χ2v) is 3.59. The molecule has 18 heavy (non-hydrogen) atoms. The van der Waals surface area contributed by atoms with E-state index >= 15 is 0 Å². The van der Waals surface area contributed by atoms with Crippen LogP contribution in [0.5, 0.6) is 0 Å². The standard InChI is InChI=1S/C13H16N2O3/c1-18-13(17)5-3-9-15-12(16)7-6-11-4-2-8-14-10-11/h2,4,6-8,10H,3,5,9H2,1H3,(H,15,16)/b7-6+. The number of methoxy groups -OCH3 is 1. The van der Waals surface area contributed by atoms with Crippen LogP contribution in [0.1, 0.15) is 18.4 Å². The van der Waals surface area contributed by atoms with Gasteiger partial charge in [0.15, 0.2) is 0 Å². The van der Waals surface area contributed by atoms with Crippen LogP contribution < -0.4 is 5.32 Å². The third-order valence-electron chi connectivity index (χ3n) is 2.20. The molecule has 5 nitrogen and oxygen atoms in total. The van der Waals surface area contributed by atoms with Crippen molar-refractivity contribution in [3.63, 3.8) is 0 Å². The van der Waals surface area contributed by atoms with Crippen molar-refractivity contribution in [1.82, 2.24) is 10.3 Å². The van der Waals surface area contributed by atoms with Crippen LogP contribution in [0.3, 0.4) is 0 Å². The van der Waals surface area contributed by atoms with Crippen molar-refractivity contribution in [2.45, 2.75) is 12.8 Å². The Hall–Kier alpha value is -2.17. The van der Waals surface area contributed by atoms with Crippen molar-refractivity contribution in [2.24, 2.45) is 0 Å². The second kappa shape index (κ2) is 8.00. The number of rotatable bonds is 6. The lowest BCUT2D eigenvalue weighted by Crippen LogP contribution is -2.22. The van der Waals surface area contributed by atoms with Gasteiger partial charge in [-0.15, -0.1) is 0 Å². The second-order valence-electron chi connectivity index (χ2n) is 3.59. The highest BCUT2D eigenvalue weighted by Gasteiger charge is 2.00. The van der Waals surface area contributed by atoms with Crippen LogP contribution in [0.25, 0.3) is 6.08 Å². The average molecular weight is 248 g/mol. The Bertz CT molecular complexity index is 416. The molecule has 5 heteroatoms. The molecule has 0 aliphatic heterocycles. The number of carbonyl (C=O) groups is 2. The first kappa shape index (κ1) is 13.9. The zero-order chi connectivity index (χ0) is 13.2. The Labute approximate surface area is 106 Å². The topological polar surface area (TPSA) is 68.3 Å². The maximum absolute atomic E-state index is 11.4. The van der Waals surface area contributed by atoms with Crippen molar-refractivity contribution < 1.29 is 14.3 Å². The molecule has 0 bridgehead atoms. The summed E-state index contributed by atoms with van der Waals surface area (Å²) in [5, 5.41) is 2.68. The van der Waals surface area contributed by atoms with Gasteiger partial charge in [-0.1, -0.05) is 6.07 Å². The third kappa shape index (κ3) is 5.79. The van der Waals surface area contributed by atoms with Crippen LogP contribution in [-0.2, 0) is 14.3 Å². The molecule has 0 atom stereocenters. The lowest BCUT2D eigenvalue weighted by atomic mass is 10.2. The number of hydrogen-bond acceptors (Lipinski definition) is 4. The van der Waals surface area contributed by atoms with Gasteiger partial charge in [0.2, 0.25) is 5.91 Å². The van der Waals surface area contributed by atoms with Gasteiger partial charge in [0.1, 0.15) is 0 Å². The Morgan fingerprint density at radius 1 is 1.50 bits per heavy atom. The maximum atomic E-state index is 11.4. The summed E-state index contributed by atoms with van der Waals surface area (Å²) >= 11 is 0. The van der Waals surface area contributed by atoms with E-state index in [1.165, 1.54) is 13.2 Å². The fourth-order valence-electron chi connectivity index (χ4n) is 1.25. The summed E-state index contributed by atoms with van der Waals surface area (Å²) < 4.78 is 4.49. The van der Waals surface area contributed by atoms with Gasteiger partial charge in [-0.05, 0) is 24.1 Å². The first-order valence-corrected chi connectivity index (χ1v) is 5.65. The van der Waals surface area contributed by atoms with Gasteiger partial charge in [-0.3, -0.25) is 14.6 Å². The molecule has 0 radical (unpaired) electrons. The van der Waals surface area contributed by atoms with Crippen molar-refractivity contribution in [3.8, 4) is 0 Å². The van der Waals surface area contributed by atoms with E-state index in [0.717, 1.165) is 5.56 Å². The molecule has 0 unspecified atom stereocenters. The van der Waals surface area contributed by atoms with Crippen molar-refractivity contribution in [3.05, 3.63) is 36.2 Å². The van der Waals surface area contributed by atoms with Crippen LogP contribution >= 0.6 is 0 Å². The number of ether oxygens (including phenoxy) is 1. The van der Waals surface area contributed by atoms with Gasteiger partial charge in [0.05, 0.1) is 7.11 Å². The summed E-state index contributed by atoms with van der Waals surface area (Å²) in [4.78, 5) is 26.1. The smallest absolute Gasteiger partial charge is 0.305 e. The number of hydrogen-bond donors (Lipinski definition) is 1. The molecule has 0 spiro atoms. The highest BCUT2D eigenvalue weighted by Crippen LogP contribution is 1.98. The number of nitrogens with zero attached hydrogens (tertiary/aromatic N) is 1. The van der Waals surface area contributed by atoms with Gasteiger partial charge >= 0.3 is 5.97 Å². The number of aromatic nitrogens is 1. The van der Waals surface area contributed by atoms with E-state index in [4.69, 9.17) is 0 Å². The van der Waals surface area contributed by atoms with Gasteiger partial charge in [-0.25, -0.2) is 0 Å². The molecule has 1 amide bonds. The van der Waals surface area contributed by atoms with E-state index in [1.54, 1.807) is 24.5 Å². The fraction of sp³-hybridized carbons (Fsp3) is 0.308. The SMILES string of the molecule is COC(=O)CCCNC(=O)/C=C/c1cccnc1. The molecule has 1 aromatic rings. The van der Waals surface area contributed by atoms with Gasteiger partial charge in [0.25, 0.3) is 0 Å². The van der Waals surface area contributed by atoms with Crippen LogP contribution in [0.15, 0.2) is 30.6 Å². The van der Waals surface area contributed by atoms with E-state index in [9.17, 15) is 9.59 Å². The summed E-state index contributed by atoms with van der Waals surface area (Å²) in [6, 6.07) is 3.65. The molecule has 0 fully saturated rings. The Morgan fingerprint density at radius 3 is 3.00 bits per heavy atom. The molecular formula is C13H16N2O3. The normalized spacial score (nSPS) is 10.3. The van der Waals surface area contributed by atoms with Crippen LogP contribution in [-0.4, -0.2) is 30.5 Å². The van der Waals surface area contributed by atoms with E-state index in [-0.39, 0.29) is 11.9 Å². The first-order valence-electron chi connectivity index (χ1n) is 5.65. The van der Waals surface area contributed by atoms with Crippen molar-refractivity contribution in [2.75, 3.05) is 13.7 Å². The minimum absolute atomic E-state index is 0.191. The van der Waals surface area contributed by atoms with Gasteiger partial charge in [0, 0.05) is 31.4 Å². The Kier molecular flexibility index (Phi) is 6.17. The molecule has 1 heterocycles. The number of carbonyl (C=O) groups excluding carboxylic acids is 2. The predicted molar refractivity (Wildman–Crippen MR) is 67.5 cm³/mol. The Balaban J connectivity index is 2.22. The summed E-state index contributed by atoms with van der Waals surface area (Å²) in [6.07, 6.45) is 7.34. The summed E-state index contributed by atoms with van der Waals surface area (Å²) in [5.41, 5.74) is 0.863. The molecular weight excluding hydrogens is 232 g/mol. The first-order chi connectivity index (χ1) is 8.72. The third-order valence-corrected chi connectivity index (χ3v) is 2.20. The van der Waals surface area contributed by atoms with Gasteiger partial charge in [-0.2, -0.15) is 0 Å². The molecule has 0 aliphatic carbocycles. The van der Waals surface area contributed by atoms with Gasteiger partial charge < -0.3 is 10.1 Å². The maximum Gasteiger partial charge on any atom is 0.305 e. The summed E-state index contributed by atoms with van der Waals surface area (Å²) in [5.74, 6) is -0.459. The highest BCUT2D eigenvalue weighted by molar-refractivity contribution is 5.91.